The number of hydrogen-bond acceptors (Lipinski definition) is 3. The van der Waals surface area contributed by atoms with Crippen molar-refractivity contribution in [2.75, 3.05) is 26.2 Å². The summed E-state index contributed by atoms with van der Waals surface area (Å²) in [5.41, 5.74) is 1.12. The van der Waals surface area contributed by atoms with Crippen LogP contribution < -0.4 is 0 Å². The Kier molecular flexibility index (Phi) is 5.81. The largest absolute Gasteiger partial charge is 0.320 e. The topological polar surface area (TPSA) is 60.9 Å². The number of nitrogens with zero attached hydrogens (tertiary/aromatic N) is 3. The van der Waals surface area contributed by atoms with Crippen LogP contribution in [-0.2, 0) is 16.6 Å². The molecule has 2 heterocycles. The summed E-state index contributed by atoms with van der Waals surface area (Å²) in [5, 5.41) is 0.405. The van der Waals surface area contributed by atoms with Crippen LogP contribution in [0.15, 0.2) is 59.5 Å². The van der Waals surface area contributed by atoms with E-state index >= 15 is 0 Å². The number of rotatable bonds is 5. The van der Waals surface area contributed by atoms with Crippen molar-refractivity contribution < 1.29 is 13.2 Å². The first-order chi connectivity index (χ1) is 13.9. The van der Waals surface area contributed by atoms with Gasteiger partial charge in [-0.25, -0.2) is 13.2 Å². The van der Waals surface area contributed by atoms with Crippen molar-refractivity contribution in [3.63, 3.8) is 0 Å². The number of carbonyl (C=O) groups is 1. The van der Waals surface area contributed by atoms with E-state index in [0.29, 0.717) is 50.6 Å². The van der Waals surface area contributed by atoms with E-state index in [4.69, 9.17) is 11.6 Å². The van der Waals surface area contributed by atoms with Crippen LogP contribution in [0, 0.1) is 0 Å². The fraction of sp³-hybridized carbons (Fsp3) is 0.381. The van der Waals surface area contributed by atoms with Crippen molar-refractivity contribution in [3.05, 3.63) is 65.2 Å². The van der Waals surface area contributed by atoms with Crippen LogP contribution in [-0.4, -0.2) is 60.8 Å². The van der Waals surface area contributed by atoms with E-state index in [2.05, 4.69) is 0 Å². The molecule has 29 heavy (non-hydrogen) atoms. The molecule has 154 valence electrons. The van der Waals surface area contributed by atoms with E-state index < -0.39 is 10.0 Å². The second kappa shape index (κ2) is 8.34. The van der Waals surface area contributed by atoms with Crippen molar-refractivity contribution in [3.8, 4) is 0 Å². The summed E-state index contributed by atoms with van der Waals surface area (Å²) in [6, 6.07) is 16.4. The number of urea groups is 1. The fourth-order valence-corrected chi connectivity index (χ4v) is 5.83. The molecule has 6 nitrogen and oxygen atoms in total. The van der Waals surface area contributed by atoms with Gasteiger partial charge in [0.25, 0.3) is 0 Å². The van der Waals surface area contributed by atoms with Gasteiger partial charge in [0, 0.05) is 43.8 Å². The first kappa shape index (κ1) is 20.2. The summed E-state index contributed by atoms with van der Waals surface area (Å²) in [7, 11) is -3.56. The van der Waals surface area contributed by atoms with Crippen LogP contribution >= 0.6 is 11.6 Å². The van der Waals surface area contributed by atoms with Gasteiger partial charge < -0.3 is 9.80 Å². The highest BCUT2D eigenvalue weighted by atomic mass is 35.5. The summed E-state index contributed by atoms with van der Waals surface area (Å²) in [5.74, 6) is 0. The highest BCUT2D eigenvalue weighted by Crippen LogP contribution is 2.27. The summed E-state index contributed by atoms with van der Waals surface area (Å²) in [6.45, 7) is 2.81. The van der Waals surface area contributed by atoms with Crippen LogP contribution in [0.2, 0.25) is 5.02 Å². The smallest absolute Gasteiger partial charge is 0.320 e. The minimum absolute atomic E-state index is 0.0463. The number of piperidine rings is 1. The Morgan fingerprint density at radius 2 is 1.66 bits per heavy atom. The molecule has 2 aromatic rings. The van der Waals surface area contributed by atoms with Crippen molar-refractivity contribution >= 4 is 27.7 Å². The maximum absolute atomic E-state index is 12.9. The maximum Gasteiger partial charge on any atom is 0.320 e. The third-order valence-corrected chi connectivity index (χ3v) is 7.77. The molecule has 2 amide bonds. The monoisotopic (exact) mass is 433 g/mol. The van der Waals surface area contributed by atoms with Crippen molar-refractivity contribution in [2.24, 2.45) is 0 Å². The minimum Gasteiger partial charge on any atom is -0.320 e. The predicted molar refractivity (Wildman–Crippen MR) is 112 cm³/mol. The normalized spacial score (nSPS) is 19.1. The molecule has 0 atom stereocenters. The third kappa shape index (κ3) is 4.27. The van der Waals surface area contributed by atoms with Crippen LogP contribution in [0.25, 0.3) is 0 Å². The molecule has 0 N–H and O–H groups in total. The Bertz CT molecular complexity index is 976. The quantitative estimate of drug-likeness (QED) is 0.725. The van der Waals surface area contributed by atoms with Gasteiger partial charge in [-0.05, 0) is 36.6 Å². The number of halogens is 1. The second-order valence-electron chi connectivity index (χ2n) is 7.48. The zero-order valence-electron chi connectivity index (χ0n) is 16.1. The predicted octanol–water partition coefficient (Wildman–Crippen LogP) is 3.43. The average Bonchev–Trinajstić information content (AvgIpc) is 3.09. The van der Waals surface area contributed by atoms with E-state index in [9.17, 15) is 13.2 Å². The van der Waals surface area contributed by atoms with E-state index in [-0.39, 0.29) is 17.0 Å². The molecule has 8 heteroatoms. The molecule has 2 aliphatic rings. The van der Waals surface area contributed by atoms with E-state index in [0.717, 1.165) is 5.56 Å². The summed E-state index contributed by atoms with van der Waals surface area (Å²) in [4.78, 5) is 16.8. The number of amides is 2. The molecular weight excluding hydrogens is 410 g/mol. The summed E-state index contributed by atoms with van der Waals surface area (Å²) >= 11 is 5.96. The number of sulfonamides is 1. The third-order valence-electron chi connectivity index (χ3n) is 5.64. The van der Waals surface area contributed by atoms with Gasteiger partial charge >= 0.3 is 6.03 Å². The number of carbonyl (C=O) groups excluding carboxylic acids is 1. The molecule has 0 aromatic heterocycles. The molecular formula is C21H24ClN3O3S. The highest BCUT2D eigenvalue weighted by molar-refractivity contribution is 7.89. The SMILES string of the molecule is O=C1N(Cc2ccccc2)CCN1C1CCN(S(=O)(=O)c2cccc(Cl)c2)CC1. The lowest BCUT2D eigenvalue weighted by molar-refractivity contribution is 0.153. The number of benzene rings is 2. The first-order valence-corrected chi connectivity index (χ1v) is 11.6. The van der Waals surface area contributed by atoms with Crippen LogP contribution in [0.1, 0.15) is 18.4 Å². The van der Waals surface area contributed by atoms with Crippen molar-refractivity contribution in [1.29, 1.82) is 0 Å². The molecule has 0 unspecified atom stereocenters. The van der Waals surface area contributed by atoms with Crippen LogP contribution in [0.3, 0.4) is 0 Å². The minimum atomic E-state index is -3.56. The first-order valence-electron chi connectivity index (χ1n) is 9.80. The Morgan fingerprint density at radius 1 is 0.931 bits per heavy atom. The van der Waals surface area contributed by atoms with Gasteiger partial charge in [0.05, 0.1) is 4.90 Å². The zero-order valence-corrected chi connectivity index (χ0v) is 17.6. The Balaban J connectivity index is 1.37. The summed E-state index contributed by atoms with van der Waals surface area (Å²) < 4.78 is 27.2. The molecule has 0 saturated carbocycles. The van der Waals surface area contributed by atoms with Gasteiger partial charge in [0.15, 0.2) is 0 Å². The fourth-order valence-electron chi connectivity index (χ4n) is 4.06. The molecule has 0 aliphatic carbocycles. The second-order valence-corrected chi connectivity index (χ2v) is 9.85. The van der Waals surface area contributed by atoms with Gasteiger partial charge in [0.1, 0.15) is 0 Å². The van der Waals surface area contributed by atoms with Gasteiger partial charge in [0.2, 0.25) is 10.0 Å². The van der Waals surface area contributed by atoms with E-state index in [1.807, 2.05) is 40.1 Å². The lowest BCUT2D eigenvalue weighted by atomic mass is 10.1. The molecule has 2 saturated heterocycles. The number of hydrogen-bond donors (Lipinski definition) is 0. The molecule has 0 radical (unpaired) electrons. The van der Waals surface area contributed by atoms with Crippen LogP contribution in [0.5, 0.6) is 0 Å². The van der Waals surface area contributed by atoms with Crippen LogP contribution in [0.4, 0.5) is 4.79 Å². The average molecular weight is 434 g/mol. The molecule has 4 rings (SSSR count). The molecule has 2 fully saturated rings. The molecule has 0 bridgehead atoms. The standard InChI is InChI=1S/C21H24ClN3O3S/c22-18-7-4-8-20(15-18)29(27,28)24-11-9-19(10-12-24)25-14-13-23(21(25)26)16-17-5-2-1-3-6-17/h1-8,15,19H,9-14,16H2. The van der Waals surface area contributed by atoms with Gasteiger partial charge in [-0.2, -0.15) is 4.31 Å². The maximum atomic E-state index is 12.9. The zero-order chi connectivity index (χ0) is 20.4. The lowest BCUT2D eigenvalue weighted by Gasteiger charge is -2.35. The van der Waals surface area contributed by atoms with Crippen molar-refractivity contribution in [2.45, 2.75) is 30.3 Å². The molecule has 0 spiro atoms. The van der Waals surface area contributed by atoms with E-state index in [1.165, 1.54) is 10.4 Å². The Labute approximate surface area is 176 Å². The van der Waals surface area contributed by atoms with Gasteiger partial charge in [-0.15, -0.1) is 0 Å². The molecule has 2 aromatic carbocycles. The van der Waals surface area contributed by atoms with Crippen molar-refractivity contribution in [1.82, 2.24) is 14.1 Å². The Morgan fingerprint density at radius 3 is 2.34 bits per heavy atom. The van der Waals surface area contributed by atoms with Gasteiger partial charge in [-0.1, -0.05) is 48.0 Å². The summed E-state index contributed by atoms with van der Waals surface area (Å²) in [6.07, 6.45) is 1.29. The van der Waals surface area contributed by atoms with Gasteiger partial charge in [-0.3, -0.25) is 0 Å². The Hall–Kier alpha value is -2.09. The lowest BCUT2D eigenvalue weighted by Crippen LogP contribution is -2.47. The highest BCUT2D eigenvalue weighted by Gasteiger charge is 2.37. The molecule has 2 aliphatic heterocycles. The van der Waals surface area contributed by atoms with E-state index in [1.54, 1.807) is 18.2 Å².